The van der Waals surface area contributed by atoms with Crippen LogP contribution in [-0.2, 0) is 28.6 Å². The molecule has 6 nitrogen and oxygen atoms in total. The molecule has 1 atom stereocenters. The van der Waals surface area contributed by atoms with Gasteiger partial charge in [0.1, 0.15) is 13.2 Å². The molecule has 0 saturated heterocycles. The normalized spacial score (nSPS) is 12.5. The molecular formula is C60H106O6. The van der Waals surface area contributed by atoms with Crippen molar-refractivity contribution in [2.45, 2.75) is 290 Å². The lowest BCUT2D eigenvalue weighted by molar-refractivity contribution is -0.167. The Kier molecular flexibility index (Phi) is 52.3. The third-order valence-corrected chi connectivity index (χ3v) is 12.3. The van der Waals surface area contributed by atoms with Gasteiger partial charge in [0.25, 0.3) is 0 Å². The fourth-order valence-corrected chi connectivity index (χ4v) is 8.02. The standard InChI is InChI=1S/C60H106O6/c1-4-7-10-13-16-19-22-25-28-29-30-31-33-35-38-41-44-47-50-53-59(62)65-56-57(55-64-58(61)52-49-46-43-40-37-34-27-24-21-18-15-12-9-6-3)66-60(63)54-51-48-45-42-39-36-32-26-23-20-17-14-11-8-5-2/h7,10,16,19-20,23,25,28,30-31,57H,4-6,8-9,11-15,17-18,21-22,24,26-27,29,32-56H2,1-3H3/b10-7-,19-16-,23-20-,28-25-,31-30-. The van der Waals surface area contributed by atoms with Crippen molar-refractivity contribution >= 4 is 17.9 Å². The Morgan fingerprint density at radius 2 is 0.591 bits per heavy atom. The van der Waals surface area contributed by atoms with Gasteiger partial charge >= 0.3 is 17.9 Å². The van der Waals surface area contributed by atoms with Crippen LogP contribution in [0.5, 0.6) is 0 Å². The van der Waals surface area contributed by atoms with Crippen LogP contribution in [-0.4, -0.2) is 37.2 Å². The first-order valence-corrected chi connectivity index (χ1v) is 28.3. The summed E-state index contributed by atoms with van der Waals surface area (Å²) in [6.45, 7) is 6.52. The number of unbranched alkanes of at least 4 members (excludes halogenated alkanes) is 30. The summed E-state index contributed by atoms with van der Waals surface area (Å²) in [6.07, 6.45) is 67.7. The van der Waals surface area contributed by atoms with E-state index in [9.17, 15) is 14.4 Å². The smallest absolute Gasteiger partial charge is 0.306 e. The monoisotopic (exact) mass is 923 g/mol. The van der Waals surface area contributed by atoms with Crippen molar-refractivity contribution in [3.63, 3.8) is 0 Å². The van der Waals surface area contributed by atoms with Crippen molar-refractivity contribution in [3.8, 4) is 0 Å². The topological polar surface area (TPSA) is 78.9 Å². The molecule has 1 unspecified atom stereocenters. The molecule has 66 heavy (non-hydrogen) atoms. The molecule has 0 spiro atoms. The number of hydrogen-bond acceptors (Lipinski definition) is 6. The third-order valence-electron chi connectivity index (χ3n) is 12.3. The molecule has 0 radical (unpaired) electrons. The lowest BCUT2D eigenvalue weighted by atomic mass is 10.0. The first-order valence-electron chi connectivity index (χ1n) is 28.3. The van der Waals surface area contributed by atoms with Crippen molar-refractivity contribution in [1.82, 2.24) is 0 Å². The highest BCUT2D eigenvalue weighted by molar-refractivity contribution is 5.71. The summed E-state index contributed by atoms with van der Waals surface area (Å²) in [4.78, 5) is 38.1. The van der Waals surface area contributed by atoms with Crippen LogP contribution >= 0.6 is 0 Å². The average Bonchev–Trinajstić information content (AvgIpc) is 3.31. The van der Waals surface area contributed by atoms with Crippen LogP contribution in [0.2, 0.25) is 0 Å². The average molecular weight is 924 g/mol. The van der Waals surface area contributed by atoms with Gasteiger partial charge in [0.15, 0.2) is 6.10 Å². The fourth-order valence-electron chi connectivity index (χ4n) is 8.02. The van der Waals surface area contributed by atoms with E-state index in [1.807, 2.05) is 0 Å². The molecule has 0 saturated carbocycles. The van der Waals surface area contributed by atoms with Crippen LogP contribution in [0.3, 0.4) is 0 Å². The molecule has 382 valence electrons. The Morgan fingerprint density at radius 1 is 0.318 bits per heavy atom. The summed E-state index contributed by atoms with van der Waals surface area (Å²) >= 11 is 0. The van der Waals surface area contributed by atoms with E-state index in [2.05, 4.69) is 81.5 Å². The van der Waals surface area contributed by atoms with E-state index in [4.69, 9.17) is 14.2 Å². The molecule has 0 heterocycles. The number of rotatable bonds is 51. The van der Waals surface area contributed by atoms with Crippen LogP contribution in [0.15, 0.2) is 60.8 Å². The lowest BCUT2D eigenvalue weighted by Gasteiger charge is -2.18. The minimum Gasteiger partial charge on any atom is -0.462 e. The Hall–Kier alpha value is -2.89. The van der Waals surface area contributed by atoms with Gasteiger partial charge in [-0.15, -0.1) is 0 Å². The van der Waals surface area contributed by atoms with Gasteiger partial charge in [-0.1, -0.05) is 242 Å². The molecular weight excluding hydrogens is 817 g/mol. The largest absolute Gasteiger partial charge is 0.462 e. The predicted molar refractivity (Wildman–Crippen MR) is 284 cm³/mol. The summed E-state index contributed by atoms with van der Waals surface area (Å²) in [5.74, 6) is -0.886. The molecule has 0 rings (SSSR count). The Balaban J connectivity index is 4.38. The molecule has 0 aromatic rings. The lowest BCUT2D eigenvalue weighted by Crippen LogP contribution is -2.30. The first-order chi connectivity index (χ1) is 32.5. The van der Waals surface area contributed by atoms with Crippen LogP contribution < -0.4 is 0 Å². The van der Waals surface area contributed by atoms with Gasteiger partial charge in [-0.05, 0) is 83.5 Å². The van der Waals surface area contributed by atoms with Gasteiger partial charge in [0.05, 0.1) is 0 Å². The number of allylic oxidation sites excluding steroid dienone is 10. The SMILES string of the molecule is CC/C=C\C/C=C\C/C=C\C/C=C\CCCCCCCCC(=O)OCC(COC(=O)CCCCCCCCCCCCCCCC)OC(=O)CCCCCCCCC/C=C\CCCCCC. The van der Waals surface area contributed by atoms with Gasteiger partial charge in [0, 0.05) is 19.3 Å². The van der Waals surface area contributed by atoms with E-state index in [1.54, 1.807) is 0 Å². The zero-order chi connectivity index (χ0) is 47.9. The highest BCUT2D eigenvalue weighted by Gasteiger charge is 2.19. The number of esters is 3. The molecule has 6 heteroatoms. The van der Waals surface area contributed by atoms with Gasteiger partial charge in [-0.25, -0.2) is 0 Å². The van der Waals surface area contributed by atoms with Gasteiger partial charge in [-0.2, -0.15) is 0 Å². The maximum atomic E-state index is 12.8. The second-order valence-electron chi connectivity index (χ2n) is 18.8. The van der Waals surface area contributed by atoms with E-state index < -0.39 is 6.10 Å². The van der Waals surface area contributed by atoms with Crippen molar-refractivity contribution in [2.75, 3.05) is 13.2 Å². The first kappa shape index (κ1) is 63.1. The molecule has 0 aliphatic rings. The van der Waals surface area contributed by atoms with E-state index in [-0.39, 0.29) is 31.1 Å². The molecule has 0 amide bonds. The molecule has 0 aromatic heterocycles. The molecule has 0 aliphatic carbocycles. The van der Waals surface area contributed by atoms with Crippen molar-refractivity contribution < 1.29 is 28.6 Å². The van der Waals surface area contributed by atoms with Gasteiger partial charge < -0.3 is 14.2 Å². The highest BCUT2D eigenvalue weighted by Crippen LogP contribution is 2.16. The number of carbonyl (C=O) groups is 3. The highest BCUT2D eigenvalue weighted by atomic mass is 16.6. The summed E-state index contributed by atoms with van der Waals surface area (Å²) < 4.78 is 16.9. The summed E-state index contributed by atoms with van der Waals surface area (Å²) in [7, 11) is 0. The summed E-state index contributed by atoms with van der Waals surface area (Å²) in [5, 5.41) is 0. The molecule has 0 N–H and O–H groups in total. The fraction of sp³-hybridized carbons (Fsp3) is 0.783. The van der Waals surface area contributed by atoms with Crippen LogP contribution in [0, 0.1) is 0 Å². The molecule has 0 fully saturated rings. The Morgan fingerprint density at radius 3 is 0.955 bits per heavy atom. The van der Waals surface area contributed by atoms with E-state index in [1.165, 1.54) is 154 Å². The molecule has 0 aromatic carbocycles. The predicted octanol–water partition coefficient (Wildman–Crippen LogP) is 18.8. The summed E-state index contributed by atoms with van der Waals surface area (Å²) in [5.41, 5.74) is 0. The van der Waals surface area contributed by atoms with Crippen LogP contribution in [0.25, 0.3) is 0 Å². The Bertz CT molecular complexity index is 1200. The minimum atomic E-state index is -0.780. The van der Waals surface area contributed by atoms with Crippen molar-refractivity contribution in [3.05, 3.63) is 60.8 Å². The summed E-state index contributed by atoms with van der Waals surface area (Å²) in [6, 6.07) is 0. The molecule has 0 aliphatic heterocycles. The maximum Gasteiger partial charge on any atom is 0.306 e. The zero-order valence-electron chi connectivity index (χ0n) is 43.7. The van der Waals surface area contributed by atoms with Crippen LogP contribution in [0.1, 0.15) is 284 Å². The van der Waals surface area contributed by atoms with Crippen molar-refractivity contribution in [2.24, 2.45) is 0 Å². The maximum absolute atomic E-state index is 12.8. The van der Waals surface area contributed by atoms with E-state index in [0.717, 1.165) is 89.9 Å². The van der Waals surface area contributed by atoms with Crippen LogP contribution in [0.4, 0.5) is 0 Å². The Labute approximate surface area is 409 Å². The minimum absolute atomic E-state index is 0.0780. The second-order valence-corrected chi connectivity index (χ2v) is 18.8. The van der Waals surface area contributed by atoms with E-state index >= 15 is 0 Å². The van der Waals surface area contributed by atoms with Gasteiger partial charge in [0.2, 0.25) is 0 Å². The quantitative estimate of drug-likeness (QED) is 0.0262. The van der Waals surface area contributed by atoms with Gasteiger partial charge in [-0.3, -0.25) is 14.4 Å². The number of carbonyl (C=O) groups excluding carboxylic acids is 3. The second kappa shape index (κ2) is 54.7. The number of hydrogen-bond donors (Lipinski definition) is 0. The molecule has 0 bridgehead atoms. The van der Waals surface area contributed by atoms with Crippen molar-refractivity contribution in [1.29, 1.82) is 0 Å². The zero-order valence-corrected chi connectivity index (χ0v) is 43.7. The number of ether oxygens (including phenoxy) is 3. The third kappa shape index (κ3) is 52.1. The van der Waals surface area contributed by atoms with E-state index in [0.29, 0.717) is 19.3 Å².